The molecular weight excluding hydrogens is 112 g/mol. The molecule has 2 heteroatoms. The average molecular weight is 126 g/mol. The molecular formula is C7H14N2. The highest BCUT2D eigenvalue weighted by Crippen LogP contribution is 2.02. The van der Waals surface area contributed by atoms with Crippen LogP contribution in [0.2, 0.25) is 0 Å². The molecule has 0 atom stereocenters. The van der Waals surface area contributed by atoms with Crippen LogP contribution in [-0.2, 0) is 0 Å². The Kier molecular flexibility index (Phi) is 2.58. The fourth-order valence-electron chi connectivity index (χ4n) is 0.953. The predicted molar refractivity (Wildman–Crippen MR) is 39.0 cm³/mol. The molecule has 1 aliphatic heterocycles. The Labute approximate surface area is 56.3 Å². The van der Waals surface area contributed by atoms with E-state index in [0.29, 0.717) is 0 Å². The van der Waals surface area contributed by atoms with E-state index in [1.165, 1.54) is 18.5 Å². The van der Waals surface area contributed by atoms with Crippen molar-refractivity contribution in [2.45, 2.75) is 19.3 Å². The number of nitrogens with one attached hydrogen (secondary N) is 2. The molecule has 1 heterocycles. The van der Waals surface area contributed by atoms with Gasteiger partial charge in [0.1, 0.15) is 0 Å². The first-order valence-electron chi connectivity index (χ1n) is 3.52. The van der Waals surface area contributed by atoms with E-state index in [-0.39, 0.29) is 0 Å². The lowest BCUT2D eigenvalue weighted by Gasteiger charge is -2.13. The molecule has 1 saturated heterocycles. The van der Waals surface area contributed by atoms with Gasteiger partial charge in [-0.3, -0.25) is 0 Å². The Bertz CT molecular complexity index is 89.1. The van der Waals surface area contributed by atoms with Gasteiger partial charge >= 0.3 is 0 Å². The second-order valence-electron chi connectivity index (χ2n) is 2.41. The molecule has 0 spiro atoms. The molecule has 1 fully saturated rings. The highest BCUT2D eigenvalue weighted by Gasteiger charge is 1.96. The standard InChI is InChI=1S/C7H14N2/c1-7-4-2-3-5-8-6-9-7/h8-9H,1-6H2. The third-order valence-electron chi connectivity index (χ3n) is 1.55. The lowest BCUT2D eigenvalue weighted by Crippen LogP contribution is -2.30. The maximum atomic E-state index is 3.86. The minimum Gasteiger partial charge on any atom is -0.376 e. The zero-order valence-electron chi connectivity index (χ0n) is 5.74. The first-order chi connectivity index (χ1) is 4.39. The van der Waals surface area contributed by atoms with Gasteiger partial charge in [-0.1, -0.05) is 6.58 Å². The maximum absolute atomic E-state index is 3.86. The van der Waals surface area contributed by atoms with Crippen LogP contribution in [0.4, 0.5) is 0 Å². The Morgan fingerprint density at radius 3 is 3.11 bits per heavy atom. The largest absolute Gasteiger partial charge is 0.376 e. The van der Waals surface area contributed by atoms with Crippen molar-refractivity contribution >= 4 is 0 Å². The molecule has 1 aliphatic rings. The summed E-state index contributed by atoms with van der Waals surface area (Å²) in [5, 5.41) is 6.42. The Morgan fingerprint density at radius 1 is 1.33 bits per heavy atom. The Balaban J connectivity index is 2.20. The molecule has 52 valence electrons. The third kappa shape index (κ3) is 2.51. The number of allylic oxidation sites excluding steroid dienone is 1. The van der Waals surface area contributed by atoms with Crippen LogP contribution in [-0.4, -0.2) is 13.2 Å². The van der Waals surface area contributed by atoms with Crippen LogP contribution in [0.5, 0.6) is 0 Å². The van der Waals surface area contributed by atoms with E-state index >= 15 is 0 Å². The van der Waals surface area contributed by atoms with Crippen LogP contribution in [0.25, 0.3) is 0 Å². The molecule has 0 unspecified atom stereocenters. The van der Waals surface area contributed by atoms with Crippen LogP contribution in [0.3, 0.4) is 0 Å². The highest BCUT2D eigenvalue weighted by atomic mass is 15.1. The van der Waals surface area contributed by atoms with Crippen molar-refractivity contribution in [1.29, 1.82) is 0 Å². The molecule has 0 aromatic heterocycles. The topological polar surface area (TPSA) is 24.1 Å². The summed E-state index contributed by atoms with van der Waals surface area (Å²) in [6.07, 6.45) is 3.68. The van der Waals surface area contributed by atoms with E-state index in [9.17, 15) is 0 Å². The van der Waals surface area contributed by atoms with Crippen molar-refractivity contribution < 1.29 is 0 Å². The van der Waals surface area contributed by atoms with Crippen molar-refractivity contribution in [3.05, 3.63) is 12.3 Å². The highest BCUT2D eigenvalue weighted by molar-refractivity contribution is 4.90. The summed E-state index contributed by atoms with van der Waals surface area (Å²) in [4.78, 5) is 0. The molecule has 9 heavy (non-hydrogen) atoms. The third-order valence-corrected chi connectivity index (χ3v) is 1.55. The monoisotopic (exact) mass is 126 g/mol. The summed E-state index contributed by atoms with van der Waals surface area (Å²) in [5.41, 5.74) is 1.17. The second-order valence-corrected chi connectivity index (χ2v) is 2.41. The summed E-state index contributed by atoms with van der Waals surface area (Å²) >= 11 is 0. The van der Waals surface area contributed by atoms with Crippen molar-refractivity contribution in [1.82, 2.24) is 10.6 Å². The van der Waals surface area contributed by atoms with Gasteiger partial charge in [-0.15, -0.1) is 0 Å². The molecule has 0 aromatic carbocycles. The van der Waals surface area contributed by atoms with Crippen LogP contribution in [0, 0.1) is 0 Å². The van der Waals surface area contributed by atoms with Gasteiger partial charge in [-0.2, -0.15) is 0 Å². The van der Waals surface area contributed by atoms with Crippen molar-refractivity contribution in [3.63, 3.8) is 0 Å². The van der Waals surface area contributed by atoms with E-state index in [2.05, 4.69) is 17.2 Å². The number of hydrogen-bond donors (Lipinski definition) is 2. The SMILES string of the molecule is C=C1CCCCNCN1. The quantitative estimate of drug-likeness (QED) is 0.502. The minimum absolute atomic E-state index is 0.888. The van der Waals surface area contributed by atoms with Gasteiger partial charge in [0.15, 0.2) is 0 Å². The Morgan fingerprint density at radius 2 is 2.22 bits per heavy atom. The van der Waals surface area contributed by atoms with Crippen molar-refractivity contribution in [2.24, 2.45) is 0 Å². The van der Waals surface area contributed by atoms with Gasteiger partial charge < -0.3 is 10.6 Å². The lowest BCUT2D eigenvalue weighted by molar-refractivity contribution is 0.544. The average Bonchev–Trinajstić information content (AvgIpc) is 1.79. The fraction of sp³-hybridized carbons (Fsp3) is 0.714. The minimum atomic E-state index is 0.888. The van der Waals surface area contributed by atoms with Gasteiger partial charge in [0, 0.05) is 5.70 Å². The Hall–Kier alpha value is -0.500. The van der Waals surface area contributed by atoms with Crippen LogP contribution < -0.4 is 10.6 Å². The van der Waals surface area contributed by atoms with Gasteiger partial charge in [0.2, 0.25) is 0 Å². The van der Waals surface area contributed by atoms with Gasteiger partial charge in [0.25, 0.3) is 0 Å². The summed E-state index contributed by atoms with van der Waals surface area (Å²) in [7, 11) is 0. The zero-order chi connectivity index (χ0) is 6.53. The summed E-state index contributed by atoms with van der Waals surface area (Å²) in [5.74, 6) is 0. The fourth-order valence-corrected chi connectivity index (χ4v) is 0.953. The molecule has 0 saturated carbocycles. The number of rotatable bonds is 0. The summed E-state index contributed by atoms with van der Waals surface area (Å²) in [6, 6.07) is 0. The van der Waals surface area contributed by atoms with Gasteiger partial charge in [-0.05, 0) is 25.8 Å². The molecule has 2 nitrogen and oxygen atoms in total. The normalized spacial score (nSPS) is 22.0. The molecule has 0 amide bonds. The zero-order valence-corrected chi connectivity index (χ0v) is 5.74. The van der Waals surface area contributed by atoms with E-state index in [1.807, 2.05) is 0 Å². The van der Waals surface area contributed by atoms with E-state index in [4.69, 9.17) is 0 Å². The smallest absolute Gasteiger partial charge is 0.0650 e. The first-order valence-corrected chi connectivity index (χ1v) is 3.52. The van der Waals surface area contributed by atoms with Crippen LogP contribution in [0.1, 0.15) is 19.3 Å². The van der Waals surface area contributed by atoms with Crippen LogP contribution in [0.15, 0.2) is 12.3 Å². The van der Waals surface area contributed by atoms with Crippen LogP contribution >= 0.6 is 0 Å². The first kappa shape index (κ1) is 6.62. The van der Waals surface area contributed by atoms with Crippen molar-refractivity contribution in [3.8, 4) is 0 Å². The molecule has 0 aliphatic carbocycles. The van der Waals surface area contributed by atoms with Gasteiger partial charge in [0.05, 0.1) is 6.67 Å². The molecule has 0 radical (unpaired) electrons. The number of hydrogen-bond acceptors (Lipinski definition) is 2. The lowest BCUT2D eigenvalue weighted by atomic mass is 10.2. The molecule has 1 rings (SSSR count). The molecule has 0 bridgehead atoms. The van der Waals surface area contributed by atoms with Crippen molar-refractivity contribution in [2.75, 3.05) is 13.2 Å². The summed E-state index contributed by atoms with van der Waals surface area (Å²) < 4.78 is 0. The van der Waals surface area contributed by atoms with Gasteiger partial charge in [-0.25, -0.2) is 0 Å². The molecule has 0 aromatic rings. The maximum Gasteiger partial charge on any atom is 0.0650 e. The van der Waals surface area contributed by atoms with E-state index in [0.717, 1.165) is 19.6 Å². The second kappa shape index (κ2) is 3.51. The van der Waals surface area contributed by atoms with E-state index in [1.54, 1.807) is 0 Å². The van der Waals surface area contributed by atoms with E-state index < -0.39 is 0 Å². The molecule has 2 N–H and O–H groups in total. The predicted octanol–water partition coefficient (Wildman–Crippen LogP) is 0.821. The summed E-state index contributed by atoms with van der Waals surface area (Å²) in [6.45, 7) is 5.89.